The summed E-state index contributed by atoms with van der Waals surface area (Å²) in [7, 11) is 0. The number of aryl methyl sites for hydroxylation is 1. The lowest BCUT2D eigenvalue weighted by Gasteiger charge is -2.20. The highest BCUT2D eigenvalue weighted by atomic mass is 19.3. The van der Waals surface area contributed by atoms with Crippen LogP contribution in [0.25, 0.3) is 33.6 Å². The molecule has 0 amide bonds. The lowest BCUT2D eigenvalue weighted by Crippen LogP contribution is -2.25. The van der Waals surface area contributed by atoms with Gasteiger partial charge in [-0.05, 0) is 65.9 Å². The summed E-state index contributed by atoms with van der Waals surface area (Å²) in [6.07, 6.45) is 2.84. The van der Waals surface area contributed by atoms with Crippen molar-refractivity contribution < 1.29 is 35.5 Å². The van der Waals surface area contributed by atoms with Crippen molar-refractivity contribution in [3.63, 3.8) is 0 Å². The standard InChI is InChI=1S/C35H24F7N3O/c1-2-3-4-5-20-18-44-34(45-19-20)22-8-11-26(30(38)13-22)21-7-10-27(29(37)12-21)24-14-31(39)33(32(40)15-24)35(41,42)46-25-9-6-23(17-43)28(36)16-25/h6-16,18-19H,2-5H2,1H3. The van der Waals surface area contributed by atoms with Gasteiger partial charge in [-0.25, -0.2) is 31.9 Å². The van der Waals surface area contributed by atoms with Crippen LogP contribution in [0.5, 0.6) is 5.75 Å². The van der Waals surface area contributed by atoms with Gasteiger partial charge in [0.25, 0.3) is 0 Å². The second-order valence-corrected chi connectivity index (χ2v) is 10.4. The maximum Gasteiger partial charge on any atom is 0.432 e. The Balaban J connectivity index is 1.37. The molecule has 5 aromatic rings. The van der Waals surface area contributed by atoms with Crippen LogP contribution in [0.15, 0.2) is 79.1 Å². The van der Waals surface area contributed by atoms with Crippen molar-refractivity contribution in [2.45, 2.75) is 38.7 Å². The number of nitrogens with zero attached hydrogens (tertiary/aromatic N) is 3. The van der Waals surface area contributed by atoms with Gasteiger partial charge in [0.05, 0.1) is 5.56 Å². The Labute approximate surface area is 259 Å². The van der Waals surface area contributed by atoms with Crippen LogP contribution in [0.1, 0.15) is 42.9 Å². The minimum atomic E-state index is -4.60. The number of hydrogen-bond donors (Lipinski definition) is 0. The van der Waals surface area contributed by atoms with E-state index in [2.05, 4.69) is 21.6 Å². The van der Waals surface area contributed by atoms with Crippen LogP contribution in [0, 0.1) is 40.4 Å². The highest BCUT2D eigenvalue weighted by molar-refractivity contribution is 5.73. The maximum atomic E-state index is 15.2. The van der Waals surface area contributed by atoms with Gasteiger partial charge in [0, 0.05) is 35.2 Å². The number of rotatable bonds is 10. The van der Waals surface area contributed by atoms with Crippen LogP contribution in [-0.4, -0.2) is 9.97 Å². The van der Waals surface area contributed by atoms with E-state index in [1.807, 2.05) is 0 Å². The van der Waals surface area contributed by atoms with Crippen molar-refractivity contribution in [2.75, 3.05) is 0 Å². The average molecular weight is 636 g/mol. The van der Waals surface area contributed by atoms with Crippen LogP contribution >= 0.6 is 0 Å². The molecule has 4 aromatic carbocycles. The van der Waals surface area contributed by atoms with Gasteiger partial charge < -0.3 is 4.74 Å². The maximum absolute atomic E-state index is 15.2. The largest absolute Gasteiger partial charge is 0.432 e. The third-order valence-electron chi connectivity index (χ3n) is 7.23. The first-order valence-electron chi connectivity index (χ1n) is 14.2. The summed E-state index contributed by atoms with van der Waals surface area (Å²) in [6, 6.07) is 12.3. The highest BCUT2D eigenvalue weighted by Crippen LogP contribution is 2.38. The molecule has 0 radical (unpaired) electrons. The molecule has 0 spiro atoms. The SMILES string of the molecule is CCCCCc1cnc(-c2ccc(-c3ccc(-c4cc(F)c(C(F)(F)Oc5ccc(C#N)c(F)c5)c(F)c4)c(F)c3)c(F)c2)nc1. The quantitative estimate of drug-likeness (QED) is 0.113. The van der Waals surface area contributed by atoms with Crippen molar-refractivity contribution in [1.82, 2.24) is 9.97 Å². The third-order valence-corrected chi connectivity index (χ3v) is 7.23. The second-order valence-electron chi connectivity index (χ2n) is 10.4. The Bertz CT molecular complexity index is 1920. The Morgan fingerprint density at radius 3 is 1.87 bits per heavy atom. The van der Waals surface area contributed by atoms with Gasteiger partial charge in [-0.15, -0.1) is 0 Å². The fourth-order valence-corrected chi connectivity index (χ4v) is 4.87. The van der Waals surface area contributed by atoms with E-state index >= 15 is 8.78 Å². The molecule has 0 atom stereocenters. The number of unbranched alkanes of at least 4 members (excludes halogenated alkanes) is 2. The first kappa shape index (κ1) is 32.2. The number of aromatic nitrogens is 2. The molecule has 11 heteroatoms. The van der Waals surface area contributed by atoms with Crippen molar-refractivity contribution in [3.8, 4) is 45.5 Å². The van der Waals surface area contributed by atoms with Gasteiger partial charge in [0.1, 0.15) is 46.5 Å². The lowest BCUT2D eigenvalue weighted by atomic mass is 9.97. The van der Waals surface area contributed by atoms with Crippen LogP contribution in [0.4, 0.5) is 30.7 Å². The summed E-state index contributed by atoms with van der Waals surface area (Å²) in [5, 5.41) is 8.77. The number of ether oxygens (including phenoxy) is 1. The predicted octanol–water partition coefficient (Wildman–Crippen LogP) is 9.91. The molecule has 4 nitrogen and oxygen atoms in total. The van der Waals surface area contributed by atoms with Crippen molar-refractivity contribution in [2.24, 2.45) is 0 Å². The van der Waals surface area contributed by atoms with E-state index in [9.17, 15) is 22.0 Å². The number of nitriles is 1. The summed E-state index contributed by atoms with van der Waals surface area (Å²) in [6.45, 7) is 2.11. The minimum absolute atomic E-state index is 0.0362. The number of benzene rings is 4. The summed E-state index contributed by atoms with van der Waals surface area (Å²) in [4.78, 5) is 8.63. The van der Waals surface area contributed by atoms with E-state index in [0.717, 1.165) is 55.5 Å². The summed E-state index contributed by atoms with van der Waals surface area (Å²) >= 11 is 0. The van der Waals surface area contributed by atoms with Crippen LogP contribution in [0.3, 0.4) is 0 Å². The first-order chi connectivity index (χ1) is 22.0. The molecule has 0 unspecified atom stereocenters. The average Bonchev–Trinajstić information content (AvgIpc) is 3.01. The van der Waals surface area contributed by atoms with E-state index in [-0.39, 0.29) is 16.7 Å². The van der Waals surface area contributed by atoms with Crippen molar-refractivity contribution in [1.29, 1.82) is 5.26 Å². The second kappa shape index (κ2) is 13.4. The topological polar surface area (TPSA) is 58.8 Å². The molecule has 1 heterocycles. The van der Waals surface area contributed by atoms with E-state index in [1.165, 1.54) is 24.3 Å². The van der Waals surface area contributed by atoms with Crippen LogP contribution in [0.2, 0.25) is 0 Å². The van der Waals surface area contributed by atoms with E-state index in [4.69, 9.17) is 5.26 Å². The molecule has 0 saturated carbocycles. The van der Waals surface area contributed by atoms with Crippen LogP contribution in [-0.2, 0) is 12.5 Å². The zero-order valence-electron chi connectivity index (χ0n) is 24.2. The molecule has 0 saturated heterocycles. The van der Waals surface area contributed by atoms with Crippen molar-refractivity contribution >= 4 is 0 Å². The van der Waals surface area contributed by atoms with Crippen LogP contribution < -0.4 is 4.74 Å². The van der Waals surface area contributed by atoms with Gasteiger partial charge >= 0.3 is 6.11 Å². The number of halogens is 7. The highest BCUT2D eigenvalue weighted by Gasteiger charge is 2.41. The summed E-state index contributed by atoms with van der Waals surface area (Å²) in [5.41, 5.74) is -1.44. The first-order valence-corrected chi connectivity index (χ1v) is 14.2. The Morgan fingerprint density at radius 1 is 0.696 bits per heavy atom. The Hall–Kier alpha value is -5.24. The smallest absolute Gasteiger partial charge is 0.429 e. The molecule has 0 N–H and O–H groups in total. The Kier molecular flexibility index (Phi) is 9.37. The van der Waals surface area contributed by atoms with Gasteiger partial charge in [0.15, 0.2) is 5.82 Å². The lowest BCUT2D eigenvalue weighted by molar-refractivity contribution is -0.189. The normalized spacial score (nSPS) is 11.4. The third kappa shape index (κ3) is 6.86. The fourth-order valence-electron chi connectivity index (χ4n) is 4.87. The fraction of sp³-hybridized carbons (Fsp3) is 0.171. The van der Waals surface area contributed by atoms with E-state index in [1.54, 1.807) is 18.5 Å². The molecule has 46 heavy (non-hydrogen) atoms. The van der Waals surface area contributed by atoms with Gasteiger partial charge in [0.2, 0.25) is 0 Å². The molecule has 5 rings (SSSR count). The zero-order valence-corrected chi connectivity index (χ0v) is 24.2. The molecular weight excluding hydrogens is 611 g/mol. The summed E-state index contributed by atoms with van der Waals surface area (Å²) in [5.74, 6) is -6.82. The monoisotopic (exact) mass is 635 g/mol. The predicted molar refractivity (Wildman–Crippen MR) is 157 cm³/mol. The molecule has 0 aliphatic carbocycles. The van der Waals surface area contributed by atoms with E-state index < -0.39 is 57.6 Å². The van der Waals surface area contributed by atoms with E-state index in [0.29, 0.717) is 29.6 Å². The number of alkyl halides is 2. The van der Waals surface area contributed by atoms with Gasteiger partial charge in [-0.1, -0.05) is 44.0 Å². The molecule has 0 aliphatic rings. The van der Waals surface area contributed by atoms with Crippen molar-refractivity contribution in [3.05, 3.63) is 125 Å². The molecule has 234 valence electrons. The zero-order chi connectivity index (χ0) is 33.0. The Morgan fingerprint density at radius 2 is 1.28 bits per heavy atom. The van der Waals surface area contributed by atoms with Gasteiger partial charge in [-0.3, -0.25) is 0 Å². The molecular formula is C35H24F7N3O. The molecule has 0 fully saturated rings. The number of hydrogen-bond acceptors (Lipinski definition) is 4. The molecule has 1 aromatic heterocycles. The molecule has 0 aliphatic heterocycles. The van der Waals surface area contributed by atoms with Gasteiger partial charge in [-0.2, -0.15) is 14.0 Å². The minimum Gasteiger partial charge on any atom is -0.429 e. The molecule has 0 bridgehead atoms. The summed E-state index contributed by atoms with van der Waals surface area (Å²) < 4.78 is 108.